The van der Waals surface area contributed by atoms with Gasteiger partial charge in [0.15, 0.2) is 0 Å². The van der Waals surface area contributed by atoms with Gasteiger partial charge in [-0.3, -0.25) is 0 Å². The Labute approximate surface area is 67.2 Å². The molecule has 1 aromatic carbocycles. The summed E-state index contributed by atoms with van der Waals surface area (Å²) < 4.78 is 13.1. The van der Waals surface area contributed by atoms with Crippen molar-refractivity contribution in [2.24, 2.45) is 0 Å². The molecule has 0 bridgehead atoms. The summed E-state index contributed by atoms with van der Waals surface area (Å²) in [5, 5.41) is 0. The quantitative estimate of drug-likeness (QED) is 0.627. The summed E-state index contributed by atoms with van der Waals surface area (Å²) in [5.74, 6) is 0. The summed E-state index contributed by atoms with van der Waals surface area (Å²) in [5.41, 5.74) is 0.829. The van der Waals surface area contributed by atoms with Crippen molar-refractivity contribution in [3.8, 4) is 0 Å². The summed E-state index contributed by atoms with van der Waals surface area (Å²) in [4.78, 5) is 0. The van der Waals surface area contributed by atoms with Crippen LogP contribution in [0.2, 0.25) is 0 Å². The molecule has 45 valence electrons. The molecule has 0 aliphatic heterocycles. The van der Waals surface area contributed by atoms with Gasteiger partial charge in [-0.25, -0.2) is 0 Å². The molecule has 0 fully saturated rings. The first-order valence-corrected chi connectivity index (χ1v) is 4.13. The number of halogens is 1. The summed E-state index contributed by atoms with van der Waals surface area (Å²) in [6.07, 6.45) is 0. The van der Waals surface area contributed by atoms with Gasteiger partial charge >= 0.3 is 67.0 Å². The van der Waals surface area contributed by atoms with Crippen LogP contribution in [0, 0.1) is 0 Å². The van der Waals surface area contributed by atoms with Gasteiger partial charge in [-0.2, -0.15) is 0 Å². The Morgan fingerprint density at radius 2 is 2.00 bits per heavy atom. The summed E-state index contributed by atoms with van der Waals surface area (Å²) in [7, 11) is 0. The van der Waals surface area contributed by atoms with E-state index in [4.69, 9.17) is 0 Å². The Kier molecular flexibility index (Phi) is 2.51. The summed E-state index contributed by atoms with van der Waals surface area (Å²) in [6.45, 7) is -0.332. The molecule has 0 spiro atoms. The monoisotopic (exact) mass is 229 g/mol. The number of hydrogen-bond acceptors (Lipinski definition) is 0. The maximum absolute atomic E-state index is 12.0. The van der Waals surface area contributed by atoms with Crippen molar-refractivity contribution in [2.45, 2.75) is 6.67 Å². The molecule has 0 unspecified atom stereocenters. The van der Waals surface area contributed by atoms with E-state index in [1.165, 1.54) is 22.5 Å². The van der Waals surface area contributed by atoms with Gasteiger partial charge in [0.25, 0.3) is 0 Å². The van der Waals surface area contributed by atoms with Gasteiger partial charge in [0.2, 0.25) is 0 Å². The molecule has 0 aliphatic rings. The van der Waals surface area contributed by atoms with Crippen molar-refractivity contribution in [1.29, 1.82) is 0 Å². The fourth-order valence-electron chi connectivity index (χ4n) is 0.637. The van der Waals surface area contributed by atoms with Gasteiger partial charge in [0.05, 0.1) is 0 Å². The Hall–Kier alpha value is -0.0513. The number of rotatable bonds is 1. The van der Waals surface area contributed by atoms with E-state index in [2.05, 4.69) is 0 Å². The second kappa shape index (κ2) is 3.20. The van der Waals surface area contributed by atoms with Crippen molar-refractivity contribution in [3.63, 3.8) is 0 Å². The predicted octanol–water partition coefficient (Wildman–Crippen LogP) is 0.950. The van der Waals surface area contributed by atoms with Crippen LogP contribution in [-0.2, 0) is 6.67 Å². The minimum absolute atomic E-state index is 0.332. The molecule has 0 saturated heterocycles. The fourth-order valence-corrected chi connectivity index (χ4v) is 1.34. The zero-order valence-corrected chi connectivity index (χ0v) is 7.75. The fraction of sp³-hybridized carbons (Fsp3) is 0.143. The van der Waals surface area contributed by atoms with Crippen LogP contribution in [-0.4, -0.2) is 22.5 Å². The normalized spacial score (nSPS) is 9.56. The molecule has 0 aromatic heterocycles. The van der Waals surface area contributed by atoms with E-state index in [1.807, 2.05) is 24.3 Å². The first kappa shape index (κ1) is 7.06. The van der Waals surface area contributed by atoms with Crippen LogP contribution in [0.15, 0.2) is 24.3 Å². The second-order valence-electron chi connectivity index (χ2n) is 1.79. The third-order valence-electron chi connectivity index (χ3n) is 1.16. The van der Waals surface area contributed by atoms with Crippen molar-refractivity contribution < 1.29 is 4.39 Å². The molecule has 0 heterocycles. The number of hydrogen-bond donors (Lipinski definition) is 0. The Morgan fingerprint density at radius 3 is 2.44 bits per heavy atom. The minimum atomic E-state index is -0.332. The van der Waals surface area contributed by atoms with Crippen LogP contribution < -0.4 is 3.58 Å². The standard InChI is InChI=1S/C7H6F.Sn/c8-6-7-4-2-1-3-5-7;/h1-4H,6H2;. The van der Waals surface area contributed by atoms with Crippen LogP contribution in [0.25, 0.3) is 0 Å². The van der Waals surface area contributed by atoms with Gasteiger partial charge in [-0.15, -0.1) is 0 Å². The molecule has 2 heteroatoms. The van der Waals surface area contributed by atoms with Gasteiger partial charge < -0.3 is 0 Å². The van der Waals surface area contributed by atoms with E-state index in [9.17, 15) is 4.39 Å². The molecule has 1 rings (SSSR count). The summed E-state index contributed by atoms with van der Waals surface area (Å²) in [6, 6.07) is 7.57. The van der Waals surface area contributed by atoms with Gasteiger partial charge in [-0.05, 0) is 0 Å². The average molecular weight is 228 g/mol. The maximum atomic E-state index is 12.0. The van der Waals surface area contributed by atoms with E-state index in [0.29, 0.717) is 0 Å². The van der Waals surface area contributed by atoms with Gasteiger partial charge in [-0.1, -0.05) is 0 Å². The zero-order valence-electron chi connectivity index (χ0n) is 4.89. The van der Waals surface area contributed by atoms with Crippen molar-refractivity contribution in [3.05, 3.63) is 29.8 Å². The number of benzene rings is 1. The topological polar surface area (TPSA) is 0 Å². The second-order valence-corrected chi connectivity index (χ2v) is 3.33. The Balaban J connectivity index is 3.01. The van der Waals surface area contributed by atoms with E-state index < -0.39 is 0 Å². The Bertz CT molecular complexity index is 198. The van der Waals surface area contributed by atoms with Crippen molar-refractivity contribution >= 4 is 26.1 Å². The van der Waals surface area contributed by atoms with E-state index in [0.717, 1.165) is 9.14 Å². The van der Waals surface area contributed by atoms with Crippen LogP contribution >= 0.6 is 0 Å². The molecule has 0 atom stereocenters. The molecule has 0 nitrogen and oxygen atoms in total. The van der Waals surface area contributed by atoms with Gasteiger partial charge in [0, 0.05) is 0 Å². The molecule has 0 aliphatic carbocycles. The van der Waals surface area contributed by atoms with Crippen LogP contribution in [0.4, 0.5) is 4.39 Å². The average Bonchev–Trinajstić information content (AvgIpc) is 1.89. The van der Waals surface area contributed by atoms with Crippen LogP contribution in [0.3, 0.4) is 0 Å². The molecule has 0 amide bonds. The molecular formula is C7H6FSn. The Morgan fingerprint density at radius 1 is 1.33 bits per heavy atom. The molecule has 0 N–H and O–H groups in total. The van der Waals surface area contributed by atoms with Gasteiger partial charge in [0.1, 0.15) is 0 Å². The summed E-state index contributed by atoms with van der Waals surface area (Å²) >= 11 is 1.29. The molecule has 9 heavy (non-hydrogen) atoms. The van der Waals surface area contributed by atoms with E-state index in [1.54, 1.807) is 0 Å². The van der Waals surface area contributed by atoms with Crippen molar-refractivity contribution in [2.75, 3.05) is 0 Å². The number of alkyl halides is 1. The van der Waals surface area contributed by atoms with E-state index in [-0.39, 0.29) is 6.67 Å². The first-order chi connectivity index (χ1) is 4.34. The molecular weight excluding hydrogens is 222 g/mol. The van der Waals surface area contributed by atoms with Crippen LogP contribution in [0.5, 0.6) is 0 Å². The molecule has 0 saturated carbocycles. The first-order valence-electron chi connectivity index (χ1n) is 2.70. The SMILES string of the molecule is FCc1cccc[c]1[Sn]. The van der Waals surface area contributed by atoms with Crippen molar-refractivity contribution in [1.82, 2.24) is 0 Å². The predicted molar refractivity (Wildman–Crippen MR) is 36.6 cm³/mol. The molecule has 3 radical (unpaired) electrons. The third kappa shape index (κ3) is 1.68. The zero-order chi connectivity index (χ0) is 6.69. The van der Waals surface area contributed by atoms with Crippen LogP contribution in [0.1, 0.15) is 5.56 Å². The van der Waals surface area contributed by atoms with E-state index >= 15 is 0 Å². The molecule has 1 aromatic rings. The third-order valence-corrected chi connectivity index (χ3v) is 2.55.